The third-order valence-electron chi connectivity index (χ3n) is 7.85. The van der Waals surface area contributed by atoms with Crippen molar-refractivity contribution in [3.8, 4) is 11.1 Å². The standard InChI is InChI=1S/C32H35N3O5/c1-22(17-29(36)37)18-33-30(38)32(15-16-35(21-32)19-23-9-3-2-4-10-23)34-31(39)40-20-28-26-13-7-5-11-24(26)25-12-6-8-14-27(25)28/h2-14,22,28H,15-21H2,1H3,(H,33,38)(H,34,39)(H,36,37). The number of nitrogens with zero attached hydrogens (tertiary/aromatic N) is 1. The summed E-state index contributed by atoms with van der Waals surface area (Å²) in [6, 6.07) is 26.3. The van der Waals surface area contributed by atoms with Gasteiger partial charge in [0.15, 0.2) is 0 Å². The van der Waals surface area contributed by atoms with E-state index in [0.29, 0.717) is 26.1 Å². The van der Waals surface area contributed by atoms with Crippen molar-refractivity contribution in [3.05, 3.63) is 95.6 Å². The number of carboxylic acids is 1. The van der Waals surface area contributed by atoms with Gasteiger partial charge >= 0.3 is 12.1 Å². The lowest BCUT2D eigenvalue weighted by Crippen LogP contribution is -2.60. The predicted octanol–water partition coefficient (Wildman–Crippen LogP) is 4.40. The lowest BCUT2D eigenvalue weighted by atomic mass is 9.96. The van der Waals surface area contributed by atoms with Crippen LogP contribution >= 0.6 is 0 Å². The zero-order valence-corrected chi connectivity index (χ0v) is 22.6. The quantitative estimate of drug-likeness (QED) is 0.351. The SMILES string of the molecule is CC(CNC(=O)C1(NC(=O)OCC2c3ccccc3-c3ccccc32)CCN(Cc2ccccc2)C1)CC(=O)O. The van der Waals surface area contributed by atoms with Crippen LogP contribution in [0.4, 0.5) is 4.79 Å². The summed E-state index contributed by atoms with van der Waals surface area (Å²) in [5.74, 6) is -1.57. The molecular weight excluding hydrogens is 506 g/mol. The predicted molar refractivity (Wildman–Crippen MR) is 152 cm³/mol. The number of carbonyl (C=O) groups excluding carboxylic acids is 2. The second-order valence-corrected chi connectivity index (χ2v) is 10.9. The first-order valence-corrected chi connectivity index (χ1v) is 13.7. The number of hydrogen-bond donors (Lipinski definition) is 3. The van der Waals surface area contributed by atoms with Gasteiger partial charge in [0.1, 0.15) is 12.1 Å². The van der Waals surface area contributed by atoms with E-state index in [1.807, 2.05) is 54.6 Å². The van der Waals surface area contributed by atoms with Gasteiger partial charge in [-0.3, -0.25) is 14.5 Å². The minimum atomic E-state index is -1.18. The van der Waals surface area contributed by atoms with E-state index in [1.165, 1.54) is 0 Å². The smallest absolute Gasteiger partial charge is 0.408 e. The monoisotopic (exact) mass is 541 g/mol. The fraction of sp³-hybridized carbons (Fsp3) is 0.344. The normalized spacial score (nSPS) is 18.9. The Morgan fingerprint density at radius 2 is 1.60 bits per heavy atom. The molecule has 1 saturated heterocycles. The summed E-state index contributed by atoms with van der Waals surface area (Å²) >= 11 is 0. The van der Waals surface area contributed by atoms with Gasteiger partial charge in [0.2, 0.25) is 5.91 Å². The number of carbonyl (C=O) groups is 3. The van der Waals surface area contributed by atoms with Crippen LogP contribution in [0, 0.1) is 5.92 Å². The topological polar surface area (TPSA) is 108 Å². The summed E-state index contributed by atoms with van der Waals surface area (Å²) in [4.78, 5) is 40.0. The Bertz CT molecular complexity index is 1330. The largest absolute Gasteiger partial charge is 0.481 e. The molecule has 208 valence electrons. The number of ether oxygens (including phenoxy) is 1. The van der Waals surface area contributed by atoms with E-state index in [0.717, 1.165) is 27.8 Å². The highest BCUT2D eigenvalue weighted by Crippen LogP contribution is 2.44. The molecule has 2 amide bonds. The number of hydrogen-bond acceptors (Lipinski definition) is 5. The van der Waals surface area contributed by atoms with Crippen LogP contribution in [-0.2, 0) is 20.9 Å². The van der Waals surface area contributed by atoms with Crippen LogP contribution < -0.4 is 10.6 Å². The van der Waals surface area contributed by atoms with Crippen LogP contribution in [0.15, 0.2) is 78.9 Å². The Balaban J connectivity index is 1.28. The van der Waals surface area contributed by atoms with Gasteiger partial charge in [0, 0.05) is 38.5 Å². The number of alkyl carbamates (subject to hydrolysis) is 1. The van der Waals surface area contributed by atoms with Crippen molar-refractivity contribution in [1.29, 1.82) is 0 Å². The molecule has 3 aromatic carbocycles. The van der Waals surface area contributed by atoms with Crippen molar-refractivity contribution in [2.24, 2.45) is 5.92 Å². The molecule has 1 fully saturated rings. The van der Waals surface area contributed by atoms with Gasteiger partial charge in [-0.2, -0.15) is 0 Å². The number of fused-ring (bicyclic) bond motifs is 3. The van der Waals surface area contributed by atoms with E-state index >= 15 is 0 Å². The zero-order valence-electron chi connectivity index (χ0n) is 22.6. The molecule has 0 radical (unpaired) electrons. The molecule has 40 heavy (non-hydrogen) atoms. The van der Waals surface area contributed by atoms with Gasteiger partial charge in [-0.1, -0.05) is 85.8 Å². The molecule has 0 saturated carbocycles. The molecular formula is C32H35N3O5. The molecule has 2 unspecified atom stereocenters. The van der Waals surface area contributed by atoms with Gasteiger partial charge in [-0.05, 0) is 40.2 Å². The van der Waals surface area contributed by atoms with Crippen LogP contribution in [0.1, 0.15) is 42.4 Å². The molecule has 1 aliphatic carbocycles. The Kier molecular flexibility index (Phi) is 8.16. The number of amides is 2. The highest BCUT2D eigenvalue weighted by molar-refractivity contribution is 5.91. The summed E-state index contributed by atoms with van der Waals surface area (Å²) in [6.07, 6.45) is -0.270. The fourth-order valence-corrected chi connectivity index (χ4v) is 5.85. The third kappa shape index (κ3) is 6.02. The summed E-state index contributed by atoms with van der Waals surface area (Å²) in [5.41, 5.74) is 4.46. The maximum atomic E-state index is 13.5. The van der Waals surface area contributed by atoms with Gasteiger partial charge in [-0.25, -0.2) is 4.79 Å². The molecule has 8 nitrogen and oxygen atoms in total. The second kappa shape index (κ2) is 11.9. The fourth-order valence-electron chi connectivity index (χ4n) is 5.85. The van der Waals surface area contributed by atoms with E-state index in [9.17, 15) is 14.4 Å². The molecule has 1 heterocycles. The minimum absolute atomic E-state index is 0.0484. The molecule has 3 aromatic rings. The lowest BCUT2D eigenvalue weighted by molar-refractivity contribution is -0.138. The van der Waals surface area contributed by atoms with Gasteiger partial charge in [0.05, 0.1) is 0 Å². The summed E-state index contributed by atoms with van der Waals surface area (Å²) in [6.45, 7) is 3.73. The van der Waals surface area contributed by atoms with Crippen molar-refractivity contribution in [2.45, 2.75) is 37.8 Å². The molecule has 1 aliphatic heterocycles. The maximum Gasteiger partial charge on any atom is 0.408 e. The molecule has 0 spiro atoms. The van der Waals surface area contributed by atoms with E-state index in [2.05, 4.69) is 39.8 Å². The molecule has 2 aliphatic rings. The Labute approximate surface area is 234 Å². The van der Waals surface area contributed by atoms with Crippen LogP contribution in [0.25, 0.3) is 11.1 Å². The van der Waals surface area contributed by atoms with Gasteiger partial charge in [0.25, 0.3) is 0 Å². The lowest BCUT2D eigenvalue weighted by Gasteiger charge is -2.30. The summed E-state index contributed by atoms with van der Waals surface area (Å²) in [7, 11) is 0. The van der Waals surface area contributed by atoms with Crippen molar-refractivity contribution in [3.63, 3.8) is 0 Å². The highest BCUT2D eigenvalue weighted by atomic mass is 16.5. The number of carboxylic acid groups (broad SMARTS) is 1. The Morgan fingerprint density at radius 3 is 2.25 bits per heavy atom. The number of likely N-dealkylation sites (tertiary alicyclic amines) is 1. The first-order chi connectivity index (χ1) is 19.3. The zero-order chi connectivity index (χ0) is 28.1. The van der Waals surface area contributed by atoms with Crippen molar-refractivity contribution < 1.29 is 24.2 Å². The number of benzene rings is 3. The van der Waals surface area contributed by atoms with Crippen LogP contribution in [0.2, 0.25) is 0 Å². The molecule has 2 atom stereocenters. The molecule has 3 N–H and O–H groups in total. The van der Waals surface area contributed by atoms with Gasteiger partial charge in [-0.15, -0.1) is 0 Å². The summed E-state index contributed by atoms with van der Waals surface area (Å²) in [5, 5.41) is 14.9. The first kappa shape index (κ1) is 27.4. The third-order valence-corrected chi connectivity index (χ3v) is 7.85. The van der Waals surface area contributed by atoms with E-state index in [-0.39, 0.29) is 37.3 Å². The first-order valence-electron chi connectivity index (χ1n) is 13.7. The maximum absolute atomic E-state index is 13.5. The van der Waals surface area contributed by atoms with Crippen LogP contribution in [0.3, 0.4) is 0 Å². The Morgan fingerprint density at radius 1 is 0.975 bits per heavy atom. The molecule has 0 aromatic heterocycles. The Hall–Kier alpha value is -4.17. The molecule has 8 heteroatoms. The van der Waals surface area contributed by atoms with E-state index < -0.39 is 17.6 Å². The van der Waals surface area contributed by atoms with E-state index in [1.54, 1.807) is 6.92 Å². The van der Waals surface area contributed by atoms with Crippen LogP contribution in [-0.4, -0.2) is 59.8 Å². The van der Waals surface area contributed by atoms with Crippen molar-refractivity contribution in [2.75, 3.05) is 26.2 Å². The number of rotatable bonds is 10. The number of aliphatic carboxylic acids is 1. The second-order valence-electron chi connectivity index (χ2n) is 10.9. The summed E-state index contributed by atoms with van der Waals surface area (Å²) < 4.78 is 5.78. The highest BCUT2D eigenvalue weighted by Gasteiger charge is 2.46. The number of nitrogens with one attached hydrogen (secondary N) is 2. The van der Waals surface area contributed by atoms with Crippen molar-refractivity contribution in [1.82, 2.24) is 15.5 Å². The molecule has 0 bridgehead atoms. The van der Waals surface area contributed by atoms with E-state index in [4.69, 9.17) is 9.84 Å². The van der Waals surface area contributed by atoms with Crippen molar-refractivity contribution >= 4 is 18.0 Å². The average Bonchev–Trinajstić information content (AvgIpc) is 3.50. The van der Waals surface area contributed by atoms with Crippen LogP contribution in [0.5, 0.6) is 0 Å². The average molecular weight is 542 g/mol. The van der Waals surface area contributed by atoms with Gasteiger partial charge < -0.3 is 20.5 Å². The minimum Gasteiger partial charge on any atom is -0.481 e. The molecule has 5 rings (SSSR count).